The number of nitrogens with one attached hydrogen (secondary N) is 1. The molecule has 5 N–H and O–H groups in total. The maximum Gasteiger partial charge on any atom is 0.234 e. The summed E-state index contributed by atoms with van der Waals surface area (Å²) in [4.78, 5) is 10.7. The second-order valence-corrected chi connectivity index (χ2v) is 5.33. The van der Waals surface area contributed by atoms with Crippen molar-refractivity contribution in [3.63, 3.8) is 0 Å². The van der Waals surface area contributed by atoms with Crippen LogP contribution in [-0.2, 0) is 11.3 Å². The quantitative estimate of drug-likeness (QED) is 0.643. The van der Waals surface area contributed by atoms with Crippen LogP contribution in [-0.4, -0.2) is 18.5 Å². The Hall–Kier alpha value is -0.810. The number of hydrogen-bond donors (Lipinski definition) is 3. The molecule has 0 spiro atoms. The Morgan fingerprint density at radius 1 is 1.21 bits per heavy atom. The molecule has 19 heavy (non-hydrogen) atoms. The third-order valence-corrected chi connectivity index (χ3v) is 3.17. The maximum atomic E-state index is 10.7. The number of rotatable bonds is 8. The van der Waals surface area contributed by atoms with E-state index in [1.165, 1.54) is 0 Å². The fourth-order valence-corrected chi connectivity index (χ4v) is 2.27. The summed E-state index contributed by atoms with van der Waals surface area (Å²) in [7, 11) is 0. The number of halogens is 2. The molecule has 1 unspecified atom stereocenters. The van der Waals surface area contributed by atoms with Crippen LogP contribution < -0.4 is 16.8 Å². The first-order chi connectivity index (χ1) is 8.99. The van der Waals surface area contributed by atoms with Gasteiger partial charge in [0.05, 0.1) is 6.04 Å². The summed E-state index contributed by atoms with van der Waals surface area (Å²) in [6.45, 7) is 1.55. The van der Waals surface area contributed by atoms with Gasteiger partial charge in [0.1, 0.15) is 0 Å². The van der Waals surface area contributed by atoms with Gasteiger partial charge in [-0.05, 0) is 43.1 Å². The number of hydrogen-bond acceptors (Lipinski definition) is 3. The molecule has 0 heterocycles. The number of benzene rings is 1. The molecular formula is C13H19Cl2N3O. The molecule has 0 aromatic heterocycles. The fraction of sp³-hybridized carbons (Fsp3) is 0.462. The van der Waals surface area contributed by atoms with Gasteiger partial charge in [0.25, 0.3) is 0 Å². The maximum absolute atomic E-state index is 10.7. The molecule has 6 heteroatoms. The van der Waals surface area contributed by atoms with Gasteiger partial charge in [0.2, 0.25) is 5.91 Å². The lowest BCUT2D eigenvalue weighted by Crippen LogP contribution is -2.36. The molecule has 1 atom stereocenters. The van der Waals surface area contributed by atoms with Crippen molar-refractivity contribution < 1.29 is 4.79 Å². The average molecular weight is 304 g/mol. The molecule has 0 bridgehead atoms. The number of unbranched alkanes of at least 4 members (excludes halogenated alkanes) is 1. The van der Waals surface area contributed by atoms with E-state index in [2.05, 4.69) is 5.32 Å². The largest absolute Gasteiger partial charge is 0.368 e. The Labute approximate surface area is 123 Å². The van der Waals surface area contributed by atoms with Crippen molar-refractivity contribution in [3.8, 4) is 0 Å². The van der Waals surface area contributed by atoms with Crippen LogP contribution in [0.1, 0.15) is 24.8 Å². The average Bonchev–Trinajstić information content (AvgIpc) is 2.31. The van der Waals surface area contributed by atoms with E-state index in [-0.39, 0.29) is 0 Å². The van der Waals surface area contributed by atoms with Gasteiger partial charge in [-0.1, -0.05) is 29.6 Å². The van der Waals surface area contributed by atoms with E-state index in [1.54, 1.807) is 6.07 Å². The molecule has 0 aliphatic heterocycles. The van der Waals surface area contributed by atoms with Gasteiger partial charge in [-0.2, -0.15) is 0 Å². The van der Waals surface area contributed by atoms with Crippen LogP contribution in [0.5, 0.6) is 0 Å². The van der Waals surface area contributed by atoms with Crippen molar-refractivity contribution in [2.75, 3.05) is 6.54 Å². The first-order valence-corrected chi connectivity index (χ1v) is 6.95. The highest BCUT2D eigenvalue weighted by atomic mass is 35.5. The summed E-state index contributed by atoms with van der Waals surface area (Å²) in [5.41, 5.74) is 11.7. The second-order valence-electron chi connectivity index (χ2n) is 4.46. The first-order valence-electron chi connectivity index (χ1n) is 6.19. The van der Waals surface area contributed by atoms with Gasteiger partial charge < -0.3 is 16.8 Å². The van der Waals surface area contributed by atoms with Gasteiger partial charge in [0, 0.05) is 16.6 Å². The highest BCUT2D eigenvalue weighted by Crippen LogP contribution is 2.18. The van der Waals surface area contributed by atoms with E-state index in [0.717, 1.165) is 24.9 Å². The van der Waals surface area contributed by atoms with E-state index in [9.17, 15) is 4.79 Å². The number of amides is 1. The van der Waals surface area contributed by atoms with E-state index >= 15 is 0 Å². The van der Waals surface area contributed by atoms with Gasteiger partial charge in [-0.3, -0.25) is 4.79 Å². The molecule has 0 saturated carbocycles. The van der Waals surface area contributed by atoms with Crippen molar-refractivity contribution in [2.24, 2.45) is 11.5 Å². The summed E-state index contributed by atoms with van der Waals surface area (Å²) in [5.74, 6) is -0.443. The Bertz CT molecular complexity index is 406. The number of nitrogens with two attached hydrogens (primary N) is 2. The van der Waals surface area contributed by atoms with Gasteiger partial charge in [-0.25, -0.2) is 0 Å². The van der Waals surface area contributed by atoms with Gasteiger partial charge in [-0.15, -0.1) is 0 Å². The lowest BCUT2D eigenvalue weighted by atomic mass is 10.1. The predicted octanol–water partition coefficient (Wildman–Crippen LogP) is 2.07. The second kappa shape index (κ2) is 8.38. The standard InChI is InChI=1S/C13H19Cl2N3O/c14-10-5-9(6-11(15)7-10)8-18-4-2-1-3-12(16)13(17)19/h5-7,12,18H,1-4,8,16H2,(H2,17,19). The Morgan fingerprint density at radius 2 is 1.84 bits per heavy atom. The van der Waals surface area contributed by atoms with Crippen LogP contribution in [0, 0.1) is 0 Å². The summed E-state index contributed by atoms with van der Waals surface area (Å²) < 4.78 is 0. The number of carbonyl (C=O) groups excluding carboxylic acids is 1. The van der Waals surface area contributed by atoms with Crippen molar-refractivity contribution in [3.05, 3.63) is 33.8 Å². The van der Waals surface area contributed by atoms with Crippen molar-refractivity contribution >= 4 is 29.1 Å². The molecule has 0 aliphatic rings. The third kappa shape index (κ3) is 6.78. The fourth-order valence-electron chi connectivity index (χ4n) is 1.70. The molecule has 106 valence electrons. The summed E-state index contributed by atoms with van der Waals surface area (Å²) in [6.07, 6.45) is 2.43. The van der Waals surface area contributed by atoms with Gasteiger partial charge >= 0.3 is 0 Å². The van der Waals surface area contributed by atoms with Crippen LogP contribution in [0.2, 0.25) is 10.0 Å². The summed E-state index contributed by atoms with van der Waals surface area (Å²) in [6, 6.07) is 4.93. The molecule has 0 fully saturated rings. The lowest BCUT2D eigenvalue weighted by Gasteiger charge is -2.08. The zero-order valence-corrected chi connectivity index (χ0v) is 12.2. The normalized spacial score (nSPS) is 12.4. The molecule has 0 aliphatic carbocycles. The van der Waals surface area contributed by atoms with Crippen LogP contribution in [0.25, 0.3) is 0 Å². The third-order valence-electron chi connectivity index (χ3n) is 2.74. The molecule has 0 saturated heterocycles. The first kappa shape index (κ1) is 16.2. The van der Waals surface area contributed by atoms with E-state index in [1.807, 2.05) is 12.1 Å². The molecule has 1 amide bonds. The molecule has 0 radical (unpaired) electrons. The van der Waals surface area contributed by atoms with Crippen LogP contribution in [0.4, 0.5) is 0 Å². The minimum absolute atomic E-state index is 0.443. The SMILES string of the molecule is NC(=O)C(N)CCCCNCc1cc(Cl)cc(Cl)c1. The monoisotopic (exact) mass is 303 g/mol. The summed E-state index contributed by atoms with van der Waals surface area (Å²) >= 11 is 11.8. The number of primary amides is 1. The molecule has 1 rings (SSSR count). The Kier molecular flexibility index (Phi) is 7.16. The molecule has 1 aromatic rings. The van der Waals surface area contributed by atoms with Crippen molar-refractivity contribution in [2.45, 2.75) is 31.8 Å². The Balaban J connectivity index is 2.15. The highest BCUT2D eigenvalue weighted by Gasteiger charge is 2.07. The zero-order valence-electron chi connectivity index (χ0n) is 10.7. The predicted molar refractivity (Wildman–Crippen MR) is 79.2 cm³/mol. The van der Waals surface area contributed by atoms with Crippen LogP contribution in [0.3, 0.4) is 0 Å². The smallest absolute Gasteiger partial charge is 0.234 e. The van der Waals surface area contributed by atoms with E-state index in [0.29, 0.717) is 23.0 Å². The highest BCUT2D eigenvalue weighted by molar-refractivity contribution is 6.34. The van der Waals surface area contributed by atoms with Crippen LogP contribution >= 0.6 is 23.2 Å². The molecular weight excluding hydrogens is 285 g/mol. The summed E-state index contributed by atoms with van der Waals surface area (Å²) in [5, 5.41) is 4.56. The van der Waals surface area contributed by atoms with Crippen LogP contribution in [0.15, 0.2) is 18.2 Å². The topological polar surface area (TPSA) is 81.1 Å². The Morgan fingerprint density at radius 3 is 2.42 bits per heavy atom. The van der Waals surface area contributed by atoms with Crippen molar-refractivity contribution in [1.29, 1.82) is 0 Å². The zero-order chi connectivity index (χ0) is 14.3. The van der Waals surface area contributed by atoms with Gasteiger partial charge in [0.15, 0.2) is 0 Å². The molecule has 1 aromatic carbocycles. The minimum atomic E-state index is -0.535. The minimum Gasteiger partial charge on any atom is -0.368 e. The lowest BCUT2D eigenvalue weighted by molar-refractivity contribution is -0.119. The van der Waals surface area contributed by atoms with E-state index < -0.39 is 11.9 Å². The molecule has 4 nitrogen and oxygen atoms in total. The van der Waals surface area contributed by atoms with Crippen molar-refractivity contribution in [1.82, 2.24) is 5.32 Å². The van der Waals surface area contributed by atoms with E-state index in [4.69, 9.17) is 34.7 Å². The number of carbonyl (C=O) groups is 1.